The van der Waals surface area contributed by atoms with Crippen LogP contribution in [-0.4, -0.2) is 32.8 Å². The van der Waals surface area contributed by atoms with Crippen LogP contribution in [0.5, 0.6) is 5.75 Å². The Morgan fingerprint density at radius 2 is 2.00 bits per heavy atom. The van der Waals surface area contributed by atoms with E-state index in [4.69, 9.17) is 15.2 Å². The van der Waals surface area contributed by atoms with Crippen molar-refractivity contribution in [3.63, 3.8) is 0 Å². The number of carbonyl (C=O) groups is 1. The fourth-order valence-electron chi connectivity index (χ4n) is 1.52. The van der Waals surface area contributed by atoms with Gasteiger partial charge in [0.15, 0.2) is 6.61 Å². The molecular formula is C14H22N2O3. The Morgan fingerprint density at radius 3 is 2.63 bits per heavy atom. The molecule has 0 aliphatic rings. The van der Waals surface area contributed by atoms with Crippen molar-refractivity contribution in [2.75, 3.05) is 26.9 Å². The van der Waals surface area contributed by atoms with Gasteiger partial charge in [0.1, 0.15) is 5.75 Å². The number of carbonyl (C=O) groups excluding carboxylic acids is 1. The lowest BCUT2D eigenvalue weighted by Crippen LogP contribution is -2.29. The highest BCUT2D eigenvalue weighted by Crippen LogP contribution is 2.11. The molecule has 5 nitrogen and oxygen atoms in total. The van der Waals surface area contributed by atoms with E-state index in [1.54, 1.807) is 7.11 Å². The van der Waals surface area contributed by atoms with E-state index >= 15 is 0 Å². The average Bonchev–Trinajstić information content (AvgIpc) is 2.45. The number of amides is 1. The summed E-state index contributed by atoms with van der Waals surface area (Å²) in [6, 6.07) is 7.40. The summed E-state index contributed by atoms with van der Waals surface area (Å²) in [4.78, 5) is 11.5. The molecule has 0 saturated carbocycles. The van der Waals surface area contributed by atoms with Crippen LogP contribution in [-0.2, 0) is 16.1 Å². The Hall–Kier alpha value is -1.59. The van der Waals surface area contributed by atoms with Crippen molar-refractivity contribution in [2.45, 2.75) is 19.4 Å². The van der Waals surface area contributed by atoms with Gasteiger partial charge in [0.05, 0.1) is 0 Å². The van der Waals surface area contributed by atoms with E-state index in [9.17, 15) is 4.79 Å². The average molecular weight is 266 g/mol. The van der Waals surface area contributed by atoms with Crippen LogP contribution in [0.2, 0.25) is 0 Å². The summed E-state index contributed by atoms with van der Waals surface area (Å²) in [6.45, 7) is 1.91. The van der Waals surface area contributed by atoms with Crippen molar-refractivity contribution in [3.05, 3.63) is 29.8 Å². The number of ether oxygens (including phenoxy) is 2. The Bertz CT molecular complexity index is 365. The minimum absolute atomic E-state index is 0.0340. The van der Waals surface area contributed by atoms with Crippen molar-refractivity contribution < 1.29 is 14.3 Å². The molecule has 0 aliphatic carbocycles. The first-order valence-corrected chi connectivity index (χ1v) is 6.43. The minimum atomic E-state index is -0.111. The molecule has 1 aromatic rings. The lowest BCUT2D eigenvalue weighted by atomic mass is 10.2. The van der Waals surface area contributed by atoms with Crippen LogP contribution in [0.25, 0.3) is 0 Å². The number of unbranched alkanes of at least 4 members (excludes halogenated alkanes) is 1. The molecule has 19 heavy (non-hydrogen) atoms. The van der Waals surface area contributed by atoms with Gasteiger partial charge in [-0.1, -0.05) is 12.1 Å². The van der Waals surface area contributed by atoms with Crippen LogP contribution in [0.15, 0.2) is 24.3 Å². The van der Waals surface area contributed by atoms with Crippen molar-refractivity contribution in [3.8, 4) is 5.75 Å². The van der Waals surface area contributed by atoms with E-state index in [2.05, 4.69) is 5.32 Å². The second kappa shape index (κ2) is 9.35. The van der Waals surface area contributed by atoms with Gasteiger partial charge in [0.25, 0.3) is 5.91 Å². The standard InChI is InChI=1S/C14H22N2O3/c1-18-9-3-2-8-16-14(17)11-19-13-6-4-12(10-15)5-7-13/h4-7H,2-3,8-11,15H2,1H3,(H,16,17). The number of benzene rings is 1. The normalized spacial score (nSPS) is 10.2. The van der Waals surface area contributed by atoms with Gasteiger partial charge in [0.2, 0.25) is 0 Å². The molecule has 0 saturated heterocycles. The quantitative estimate of drug-likeness (QED) is 0.656. The summed E-state index contributed by atoms with van der Waals surface area (Å²) in [5, 5.41) is 2.79. The lowest BCUT2D eigenvalue weighted by molar-refractivity contribution is -0.123. The highest BCUT2D eigenvalue weighted by atomic mass is 16.5. The zero-order chi connectivity index (χ0) is 13.9. The van der Waals surface area contributed by atoms with E-state index < -0.39 is 0 Å². The monoisotopic (exact) mass is 266 g/mol. The predicted molar refractivity (Wildman–Crippen MR) is 73.9 cm³/mol. The molecule has 0 aromatic heterocycles. The summed E-state index contributed by atoms with van der Waals surface area (Å²) >= 11 is 0. The summed E-state index contributed by atoms with van der Waals surface area (Å²) in [5.74, 6) is 0.562. The second-order valence-electron chi connectivity index (χ2n) is 4.19. The Kier molecular flexibility index (Phi) is 7.62. The molecule has 1 amide bonds. The van der Waals surface area contributed by atoms with Gasteiger partial charge in [-0.2, -0.15) is 0 Å². The molecule has 0 atom stereocenters. The zero-order valence-electron chi connectivity index (χ0n) is 11.4. The molecule has 0 radical (unpaired) electrons. The van der Waals surface area contributed by atoms with Crippen LogP contribution in [0.4, 0.5) is 0 Å². The highest BCUT2D eigenvalue weighted by molar-refractivity contribution is 5.77. The molecule has 0 spiro atoms. The zero-order valence-corrected chi connectivity index (χ0v) is 11.4. The summed E-state index contributed by atoms with van der Waals surface area (Å²) in [5.41, 5.74) is 6.53. The fraction of sp³-hybridized carbons (Fsp3) is 0.500. The molecule has 0 bridgehead atoms. The van der Waals surface area contributed by atoms with Gasteiger partial charge < -0.3 is 20.5 Å². The third-order valence-electron chi connectivity index (χ3n) is 2.63. The number of hydrogen-bond donors (Lipinski definition) is 2. The van der Waals surface area contributed by atoms with Gasteiger partial charge in [0, 0.05) is 26.8 Å². The maximum Gasteiger partial charge on any atom is 0.257 e. The summed E-state index contributed by atoms with van der Waals surface area (Å²) in [7, 11) is 1.67. The van der Waals surface area contributed by atoms with E-state index in [1.807, 2.05) is 24.3 Å². The number of methoxy groups -OCH3 is 1. The molecule has 1 aromatic carbocycles. The number of rotatable bonds is 9. The molecule has 0 aliphatic heterocycles. The molecule has 0 fully saturated rings. The largest absolute Gasteiger partial charge is 0.484 e. The molecule has 5 heteroatoms. The Balaban J connectivity index is 2.15. The van der Waals surface area contributed by atoms with Gasteiger partial charge in [-0.3, -0.25) is 4.79 Å². The maximum atomic E-state index is 11.5. The van der Waals surface area contributed by atoms with Crippen molar-refractivity contribution in [1.82, 2.24) is 5.32 Å². The Labute approximate surface area is 114 Å². The van der Waals surface area contributed by atoms with Crippen LogP contribution in [0.3, 0.4) is 0 Å². The SMILES string of the molecule is COCCCCNC(=O)COc1ccc(CN)cc1. The second-order valence-corrected chi connectivity index (χ2v) is 4.19. The highest BCUT2D eigenvalue weighted by Gasteiger charge is 2.02. The molecule has 0 heterocycles. The van der Waals surface area contributed by atoms with Crippen molar-refractivity contribution in [1.29, 1.82) is 0 Å². The third kappa shape index (κ3) is 6.79. The molecule has 106 valence electrons. The van der Waals surface area contributed by atoms with Crippen LogP contribution >= 0.6 is 0 Å². The number of nitrogens with two attached hydrogens (primary N) is 1. The predicted octanol–water partition coefficient (Wildman–Crippen LogP) is 1.07. The topological polar surface area (TPSA) is 73.6 Å². The third-order valence-corrected chi connectivity index (χ3v) is 2.63. The summed E-state index contributed by atoms with van der Waals surface area (Å²) in [6.07, 6.45) is 1.85. The fourth-order valence-corrected chi connectivity index (χ4v) is 1.52. The van der Waals surface area contributed by atoms with Crippen LogP contribution in [0.1, 0.15) is 18.4 Å². The number of nitrogens with one attached hydrogen (secondary N) is 1. The first-order chi connectivity index (χ1) is 9.26. The van der Waals surface area contributed by atoms with E-state index in [-0.39, 0.29) is 12.5 Å². The molecule has 0 unspecified atom stereocenters. The first-order valence-electron chi connectivity index (χ1n) is 6.43. The van der Waals surface area contributed by atoms with Crippen LogP contribution in [0, 0.1) is 0 Å². The number of hydrogen-bond acceptors (Lipinski definition) is 4. The van der Waals surface area contributed by atoms with Crippen LogP contribution < -0.4 is 15.8 Å². The molecular weight excluding hydrogens is 244 g/mol. The Morgan fingerprint density at radius 1 is 1.26 bits per heavy atom. The van der Waals surface area contributed by atoms with E-state index in [0.717, 1.165) is 25.0 Å². The maximum absolute atomic E-state index is 11.5. The molecule has 3 N–H and O–H groups in total. The van der Waals surface area contributed by atoms with E-state index in [0.29, 0.717) is 18.8 Å². The lowest BCUT2D eigenvalue weighted by Gasteiger charge is -2.07. The smallest absolute Gasteiger partial charge is 0.257 e. The van der Waals surface area contributed by atoms with Gasteiger partial charge in [-0.05, 0) is 30.5 Å². The first kappa shape index (κ1) is 15.5. The van der Waals surface area contributed by atoms with E-state index in [1.165, 1.54) is 0 Å². The summed E-state index contributed by atoms with van der Waals surface area (Å²) < 4.78 is 10.3. The van der Waals surface area contributed by atoms with Crippen molar-refractivity contribution in [2.24, 2.45) is 5.73 Å². The van der Waals surface area contributed by atoms with Gasteiger partial charge in [-0.15, -0.1) is 0 Å². The van der Waals surface area contributed by atoms with Crippen molar-refractivity contribution >= 4 is 5.91 Å². The van der Waals surface area contributed by atoms with Gasteiger partial charge in [-0.25, -0.2) is 0 Å². The van der Waals surface area contributed by atoms with Gasteiger partial charge >= 0.3 is 0 Å². The molecule has 1 rings (SSSR count). The minimum Gasteiger partial charge on any atom is -0.484 e.